The van der Waals surface area contributed by atoms with Crippen LogP contribution >= 0.6 is 12.4 Å². The summed E-state index contributed by atoms with van der Waals surface area (Å²) in [6.07, 6.45) is 2.28. The Morgan fingerprint density at radius 2 is 1.79 bits per heavy atom. The predicted molar refractivity (Wildman–Crippen MR) is 120 cm³/mol. The molecule has 0 saturated carbocycles. The van der Waals surface area contributed by atoms with Gasteiger partial charge in [0, 0.05) is 32.6 Å². The number of carbonyl (C=O) groups excluding carboxylic acids is 2. The lowest BCUT2D eigenvalue weighted by Crippen LogP contribution is -2.38. The Bertz CT molecular complexity index is 800. The maximum atomic E-state index is 12.7. The van der Waals surface area contributed by atoms with E-state index >= 15 is 0 Å². The summed E-state index contributed by atoms with van der Waals surface area (Å²) in [4.78, 5) is 28.6. The fourth-order valence-electron chi connectivity index (χ4n) is 3.49. The van der Waals surface area contributed by atoms with Gasteiger partial charge in [-0.3, -0.25) is 14.5 Å². The van der Waals surface area contributed by atoms with Gasteiger partial charge in [0.25, 0.3) is 0 Å². The molecule has 2 amide bonds. The number of carbonyl (C=O) groups is 2. The Morgan fingerprint density at radius 3 is 2.48 bits per heavy atom. The Labute approximate surface area is 178 Å². The van der Waals surface area contributed by atoms with Crippen LogP contribution in [0.25, 0.3) is 0 Å². The summed E-state index contributed by atoms with van der Waals surface area (Å²) in [6.45, 7) is 2.89. The fraction of sp³-hybridized carbons (Fsp3) is 0.364. The van der Waals surface area contributed by atoms with Gasteiger partial charge in [-0.2, -0.15) is 0 Å². The van der Waals surface area contributed by atoms with E-state index in [0.717, 1.165) is 25.1 Å². The number of halogens is 1. The highest BCUT2D eigenvalue weighted by Gasteiger charge is 2.24. The summed E-state index contributed by atoms with van der Waals surface area (Å²) < 4.78 is 0. The third-order valence-corrected chi connectivity index (χ3v) is 4.91. The molecular formula is C22H29ClN4O2. The van der Waals surface area contributed by atoms with Crippen LogP contribution in [-0.4, -0.2) is 49.4 Å². The van der Waals surface area contributed by atoms with Crippen LogP contribution < -0.4 is 16.0 Å². The maximum Gasteiger partial charge on any atom is 0.238 e. The molecule has 156 valence electrons. The van der Waals surface area contributed by atoms with Crippen molar-refractivity contribution in [2.75, 3.05) is 42.9 Å². The lowest BCUT2D eigenvalue weighted by molar-refractivity contribution is -0.118. The van der Waals surface area contributed by atoms with Gasteiger partial charge in [0.2, 0.25) is 11.8 Å². The molecule has 0 unspecified atom stereocenters. The molecule has 3 N–H and O–H groups in total. The van der Waals surface area contributed by atoms with Gasteiger partial charge in [-0.1, -0.05) is 42.5 Å². The fourth-order valence-corrected chi connectivity index (χ4v) is 3.49. The number of anilines is 2. The van der Waals surface area contributed by atoms with Crippen molar-refractivity contribution in [1.82, 2.24) is 4.90 Å². The van der Waals surface area contributed by atoms with Crippen molar-refractivity contribution in [2.45, 2.75) is 19.3 Å². The Balaban J connectivity index is 0.00000300. The van der Waals surface area contributed by atoms with Crippen molar-refractivity contribution in [3.63, 3.8) is 0 Å². The molecule has 1 aliphatic rings. The molecule has 2 aromatic carbocycles. The van der Waals surface area contributed by atoms with Crippen molar-refractivity contribution in [3.8, 4) is 0 Å². The topological polar surface area (TPSA) is 78.7 Å². The summed E-state index contributed by atoms with van der Waals surface area (Å²) in [5.74, 6) is 0.00919. The normalized spacial score (nSPS) is 13.4. The first-order valence-electron chi connectivity index (χ1n) is 9.83. The van der Waals surface area contributed by atoms with Crippen LogP contribution in [0.5, 0.6) is 0 Å². The minimum absolute atomic E-state index is 0. The van der Waals surface area contributed by atoms with Crippen LogP contribution in [-0.2, 0) is 16.0 Å². The average Bonchev–Trinajstić information content (AvgIpc) is 3.13. The third kappa shape index (κ3) is 6.56. The van der Waals surface area contributed by atoms with Crippen LogP contribution in [0.3, 0.4) is 0 Å². The van der Waals surface area contributed by atoms with E-state index in [9.17, 15) is 9.59 Å². The maximum absolute atomic E-state index is 12.7. The van der Waals surface area contributed by atoms with Crippen LogP contribution in [0.2, 0.25) is 0 Å². The van der Waals surface area contributed by atoms with Gasteiger partial charge in [-0.05, 0) is 30.5 Å². The Morgan fingerprint density at radius 1 is 1.07 bits per heavy atom. The van der Waals surface area contributed by atoms with Crippen LogP contribution in [0.1, 0.15) is 18.4 Å². The molecule has 1 aliphatic heterocycles. The molecule has 3 rings (SSSR count). The van der Waals surface area contributed by atoms with Gasteiger partial charge in [0.15, 0.2) is 0 Å². The molecule has 0 atom stereocenters. The van der Waals surface area contributed by atoms with E-state index in [2.05, 4.69) is 22.3 Å². The number of benzene rings is 2. The number of hydrogen-bond acceptors (Lipinski definition) is 4. The van der Waals surface area contributed by atoms with Crippen molar-refractivity contribution < 1.29 is 9.59 Å². The molecule has 6 nitrogen and oxygen atoms in total. The van der Waals surface area contributed by atoms with Crippen molar-refractivity contribution in [3.05, 3.63) is 60.2 Å². The molecule has 1 heterocycles. The molecule has 0 aliphatic carbocycles. The van der Waals surface area contributed by atoms with Crippen LogP contribution in [0.4, 0.5) is 11.4 Å². The highest BCUT2D eigenvalue weighted by molar-refractivity contribution is 6.02. The molecule has 2 aromatic rings. The van der Waals surface area contributed by atoms with E-state index in [1.165, 1.54) is 5.56 Å². The lowest BCUT2D eigenvalue weighted by atomic mass is 10.1. The van der Waals surface area contributed by atoms with E-state index in [0.29, 0.717) is 31.7 Å². The quantitative estimate of drug-likeness (QED) is 0.658. The summed E-state index contributed by atoms with van der Waals surface area (Å²) in [7, 11) is 0. The van der Waals surface area contributed by atoms with E-state index in [-0.39, 0.29) is 30.8 Å². The number of amides is 2. The number of nitrogens with zero attached hydrogens (tertiary/aromatic N) is 2. The lowest BCUT2D eigenvalue weighted by Gasteiger charge is -2.23. The molecule has 0 spiro atoms. The van der Waals surface area contributed by atoms with Gasteiger partial charge in [0.1, 0.15) is 0 Å². The van der Waals surface area contributed by atoms with Gasteiger partial charge in [-0.25, -0.2) is 0 Å². The summed E-state index contributed by atoms with van der Waals surface area (Å²) in [6, 6.07) is 17.7. The number of hydrogen-bond donors (Lipinski definition) is 2. The smallest absolute Gasteiger partial charge is 0.238 e. The third-order valence-electron chi connectivity index (χ3n) is 4.91. The Hall–Kier alpha value is -2.41. The standard InChI is InChI=1S/C22H28N4O2.ClH/c23-13-16-25(15-12-18-7-2-1-3-8-18)17-21(27)24-19-9-4-5-10-20(19)26-14-6-11-22(26)28;/h1-5,7-10H,6,11-17,23H2,(H,24,27);1H. The second-order valence-corrected chi connectivity index (χ2v) is 7.01. The monoisotopic (exact) mass is 416 g/mol. The second-order valence-electron chi connectivity index (χ2n) is 7.01. The molecule has 0 aromatic heterocycles. The molecule has 1 saturated heterocycles. The first-order valence-corrected chi connectivity index (χ1v) is 9.83. The highest BCUT2D eigenvalue weighted by atomic mass is 35.5. The van der Waals surface area contributed by atoms with E-state index < -0.39 is 0 Å². The zero-order chi connectivity index (χ0) is 19.8. The van der Waals surface area contributed by atoms with Crippen molar-refractivity contribution >= 4 is 35.6 Å². The number of para-hydroxylation sites is 2. The first kappa shape index (κ1) is 22.9. The SMILES string of the molecule is Cl.NCCN(CCc1ccccc1)CC(=O)Nc1ccccc1N1CCCC1=O. The summed E-state index contributed by atoms with van der Waals surface area (Å²) in [5.41, 5.74) is 8.42. The number of rotatable bonds is 9. The summed E-state index contributed by atoms with van der Waals surface area (Å²) in [5, 5.41) is 2.98. The zero-order valence-corrected chi connectivity index (χ0v) is 17.4. The molecule has 1 fully saturated rings. The molecule has 7 heteroatoms. The van der Waals surface area contributed by atoms with Crippen molar-refractivity contribution in [2.24, 2.45) is 5.73 Å². The molecule has 0 bridgehead atoms. The van der Waals surface area contributed by atoms with Gasteiger partial charge >= 0.3 is 0 Å². The van der Waals surface area contributed by atoms with Gasteiger partial charge in [-0.15, -0.1) is 12.4 Å². The zero-order valence-electron chi connectivity index (χ0n) is 16.5. The second kappa shape index (κ2) is 11.6. The van der Waals surface area contributed by atoms with E-state index in [4.69, 9.17) is 5.73 Å². The highest BCUT2D eigenvalue weighted by Crippen LogP contribution is 2.29. The molecule has 29 heavy (non-hydrogen) atoms. The van der Waals surface area contributed by atoms with E-state index in [1.807, 2.05) is 42.5 Å². The van der Waals surface area contributed by atoms with Gasteiger partial charge < -0.3 is 16.0 Å². The minimum atomic E-state index is -0.0967. The largest absolute Gasteiger partial charge is 0.329 e. The molecule has 0 radical (unpaired) electrons. The van der Waals surface area contributed by atoms with Crippen LogP contribution in [0.15, 0.2) is 54.6 Å². The van der Waals surface area contributed by atoms with Crippen LogP contribution in [0, 0.1) is 0 Å². The number of nitrogens with two attached hydrogens (primary N) is 1. The van der Waals surface area contributed by atoms with Crippen molar-refractivity contribution in [1.29, 1.82) is 0 Å². The number of nitrogens with one attached hydrogen (secondary N) is 1. The minimum Gasteiger partial charge on any atom is -0.329 e. The average molecular weight is 417 g/mol. The predicted octanol–water partition coefficient (Wildman–Crippen LogP) is 2.68. The van der Waals surface area contributed by atoms with Gasteiger partial charge in [0.05, 0.1) is 17.9 Å². The first-order chi connectivity index (χ1) is 13.7. The van der Waals surface area contributed by atoms with E-state index in [1.54, 1.807) is 4.90 Å². The Kier molecular flexibility index (Phi) is 9.12. The summed E-state index contributed by atoms with van der Waals surface area (Å²) >= 11 is 0. The molecular weight excluding hydrogens is 388 g/mol.